The summed E-state index contributed by atoms with van der Waals surface area (Å²) in [6, 6.07) is 8.10. The number of aldehydes is 1. The summed E-state index contributed by atoms with van der Waals surface area (Å²) < 4.78 is 12.9. The Morgan fingerprint density at radius 1 is 1.29 bits per heavy atom. The molecule has 1 nitrogen and oxygen atoms in total. The van der Waals surface area contributed by atoms with Crippen LogP contribution in [0.3, 0.4) is 0 Å². The van der Waals surface area contributed by atoms with Crippen molar-refractivity contribution in [1.82, 2.24) is 0 Å². The molecule has 1 heterocycles. The second-order valence-corrected chi connectivity index (χ2v) is 3.78. The normalized spacial score (nSPS) is 10.1. The van der Waals surface area contributed by atoms with E-state index in [0.717, 1.165) is 16.7 Å². The van der Waals surface area contributed by atoms with Gasteiger partial charge in [-0.3, -0.25) is 4.79 Å². The highest BCUT2D eigenvalue weighted by Crippen LogP contribution is 2.26. The van der Waals surface area contributed by atoms with Crippen LogP contribution in [0.2, 0.25) is 0 Å². The molecular formula is C11H7FOS. The third-order valence-electron chi connectivity index (χ3n) is 1.86. The number of benzene rings is 1. The summed E-state index contributed by atoms with van der Waals surface area (Å²) >= 11 is 1.44. The number of hydrogen-bond acceptors (Lipinski definition) is 2. The number of thiophene rings is 1. The maximum absolute atomic E-state index is 12.9. The van der Waals surface area contributed by atoms with Gasteiger partial charge in [-0.1, -0.05) is 12.1 Å². The van der Waals surface area contributed by atoms with Crippen molar-refractivity contribution in [2.45, 2.75) is 0 Å². The number of halogens is 1. The lowest BCUT2D eigenvalue weighted by Crippen LogP contribution is -1.75. The Morgan fingerprint density at radius 2 is 2.14 bits per heavy atom. The SMILES string of the molecule is O=Cc1csc(-c2cccc(F)c2)c1. The third-order valence-corrected chi connectivity index (χ3v) is 2.86. The lowest BCUT2D eigenvalue weighted by molar-refractivity contribution is 0.112. The smallest absolute Gasteiger partial charge is 0.150 e. The van der Waals surface area contributed by atoms with E-state index in [1.165, 1.54) is 23.5 Å². The van der Waals surface area contributed by atoms with Crippen LogP contribution in [0.15, 0.2) is 35.7 Å². The van der Waals surface area contributed by atoms with Gasteiger partial charge in [0.25, 0.3) is 0 Å². The average Bonchev–Trinajstić information content (AvgIpc) is 2.66. The quantitative estimate of drug-likeness (QED) is 0.688. The van der Waals surface area contributed by atoms with Crippen molar-refractivity contribution < 1.29 is 9.18 Å². The second kappa shape index (κ2) is 3.72. The summed E-state index contributed by atoms with van der Waals surface area (Å²) in [7, 11) is 0. The van der Waals surface area contributed by atoms with Crippen LogP contribution in [0.1, 0.15) is 10.4 Å². The van der Waals surface area contributed by atoms with Gasteiger partial charge in [0.05, 0.1) is 0 Å². The van der Waals surface area contributed by atoms with Crippen molar-refractivity contribution in [2.24, 2.45) is 0 Å². The molecule has 0 aliphatic carbocycles. The summed E-state index contributed by atoms with van der Waals surface area (Å²) in [5.74, 6) is -0.261. The maximum Gasteiger partial charge on any atom is 0.150 e. The summed E-state index contributed by atoms with van der Waals surface area (Å²) in [5, 5.41) is 1.76. The molecule has 0 saturated heterocycles. The molecule has 1 aromatic heterocycles. The van der Waals surface area contributed by atoms with E-state index < -0.39 is 0 Å². The van der Waals surface area contributed by atoms with Crippen molar-refractivity contribution in [2.75, 3.05) is 0 Å². The number of hydrogen-bond donors (Lipinski definition) is 0. The van der Waals surface area contributed by atoms with Gasteiger partial charge in [0.1, 0.15) is 5.82 Å². The molecular weight excluding hydrogens is 199 g/mol. The fourth-order valence-corrected chi connectivity index (χ4v) is 2.06. The van der Waals surface area contributed by atoms with Gasteiger partial charge in [-0.15, -0.1) is 11.3 Å². The van der Waals surface area contributed by atoms with Gasteiger partial charge in [0.2, 0.25) is 0 Å². The summed E-state index contributed by atoms with van der Waals surface area (Å²) in [6.07, 6.45) is 0.791. The average molecular weight is 206 g/mol. The Bertz CT molecular complexity index is 462. The van der Waals surface area contributed by atoms with E-state index in [0.29, 0.717) is 5.56 Å². The topological polar surface area (TPSA) is 17.1 Å². The molecule has 14 heavy (non-hydrogen) atoms. The van der Waals surface area contributed by atoms with Gasteiger partial charge in [-0.2, -0.15) is 0 Å². The van der Waals surface area contributed by atoms with Crippen LogP contribution < -0.4 is 0 Å². The molecule has 0 amide bonds. The summed E-state index contributed by atoms with van der Waals surface area (Å²) in [4.78, 5) is 11.4. The molecule has 0 spiro atoms. The second-order valence-electron chi connectivity index (χ2n) is 2.87. The first-order chi connectivity index (χ1) is 6.79. The largest absolute Gasteiger partial charge is 0.298 e. The minimum atomic E-state index is -0.261. The number of rotatable bonds is 2. The third kappa shape index (κ3) is 1.72. The Balaban J connectivity index is 2.43. The molecule has 0 atom stereocenters. The lowest BCUT2D eigenvalue weighted by atomic mass is 10.2. The zero-order chi connectivity index (χ0) is 9.97. The van der Waals surface area contributed by atoms with E-state index in [-0.39, 0.29) is 5.82 Å². The van der Waals surface area contributed by atoms with Crippen molar-refractivity contribution in [3.05, 3.63) is 47.1 Å². The Hall–Kier alpha value is -1.48. The molecule has 0 unspecified atom stereocenters. The van der Waals surface area contributed by atoms with Crippen LogP contribution in [-0.4, -0.2) is 6.29 Å². The zero-order valence-electron chi connectivity index (χ0n) is 7.24. The van der Waals surface area contributed by atoms with Crippen molar-refractivity contribution in [3.63, 3.8) is 0 Å². The first-order valence-electron chi connectivity index (χ1n) is 4.09. The van der Waals surface area contributed by atoms with Crippen LogP contribution in [0, 0.1) is 5.82 Å². The zero-order valence-corrected chi connectivity index (χ0v) is 8.05. The van der Waals surface area contributed by atoms with Crippen molar-refractivity contribution in [1.29, 1.82) is 0 Å². The molecule has 0 N–H and O–H groups in total. The van der Waals surface area contributed by atoms with E-state index in [1.807, 2.05) is 6.07 Å². The highest BCUT2D eigenvalue weighted by Gasteiger charge is 2.02. The van der Waals surface area contributed by atoms with Crippen molar-refractivity contribution >= 4 is 17.6 Å². The molecule has 0 saturated carbocycles. The van der Waals surface area contributed by atoms with E-state index in [1.54, 1.807) is 17.5 Å². The summed E-state index contributed by atoms with van der Waals surface area (Å²) in [5.41, 5.74) is 1.44. The van der Waals surface area contributed by atoms with Crippen molar-refractivity contribution in [3.8, 4) is 10.4 Å². The van der Waals surface area contributed by atoms with Gasteiger partial charge in [0.15, 0.2) is 6.29 Å². The van der Waals surface area contributed by atoms with E-state index in [2.05, 4.69) is 0 Å². The van der Waals surface area contributed by atoms with Gasteiger partial charge < -0.3 is 0 Å². The van der Waals surface area contributed by atoms with E-state index in [4.69, 9.17) is 0 Å². The monoisotopic (exact) mass is 206 g/mol. The van der Waals surface area contributed by atoms with Gasteiger partial charge in [-0.25, -0.2) is 4.39 Å². The minimum Gasteiger partial charge on any atom is -0.298 e. The number of carbonyl (C=O) groups is 1. The minimum absolute atomic E-state index is 0.261. The summed E-state index contributed by atoms with van der Waals surface area (Å²) in [6.45, 7) is 0. The Kier molecular flexibility index (Phi) is 2.41. The Morgan fingerprint density at radius 3 is 2.79 bits per heavy atom. The fourth-order valence-electron chi connectivity index (χ4n) is 1.21. The highest BCUT2D eigenvalue weighted by atomic mass is 32.1. The first kappa shape index (κ1) is 9.09. The predicted molar refractivity (Wildman–Crippen MR) is 55.1 cm³/mol. The predicted octanol–water partition coefficient (Wildman–Crippen LogP) is 3.37. The van der Waals surface area contributed by atoms with Gasteiger partial charge in [0, 0.05) is 15.8 Å². The Labute approximate surface area is 84.8 Å². The molecule has 3 heteroatoms. The molecule has 0 aliphatic heterocycles. The van der Waals surface area contributed by atoms with E-state index in [9.17, 15) is 9.18 Å². The molecule has 0 bridgehead atoms. The van der Waals surface area contributed by atoms with Crippen LogP contribution in [0.25, 0.3) is 10.4 Å². The molecule has 1 aromatic carbocycles. The molecule has 0 fully saturated rings. The molecule has 2 aromatic rings. The molecule has 0 radical (unpaired) electrons. The fraction of sp³-hybridized carbons (Fsp3) is 0. The molecule has 2 rings (SSSR count). The molecule has 70 valence electrons. The maximum atomic E-state index is 12.9. The van der Waals surface area contributed by atoms with E-state index >= 15 is 0 Å². The number of carbonyl (C=O) groups excluding carboxylic acids is 1. The highest BCUT2D eigenvalue weighted by molar-refractivity contribution is 7.13. The van der Waals surface area contributed by atoms with Crippen LogP contribution in [0.5, 0.6) is 0 Å². The van der Waals surface area contributed by atoms with Gasteiger partial charge >= 0.3 is 0 Å². The standard InChI is InChI=1S/C11H7FOS/c12-10-3-1-2-9(5-10)11-4-8(6-13)7-14-11/h1-7H. The van der Waals surface area contributed by atoms with Crippen LogP contribution in [-0.2, 0) is 0 Å². The van der Waals surface area contributed by atoms with Gasteiger partial charge in [-0.05, 0) is 23.8 Å². The van der Waals surface area contributed by atoms with Crippen LogP contribution in [0.4, 0.5) is 4.39 Å². The first-order valence-corrected chi connectivity index (χ1v) is 4.97. The van der Waals surface area contributed by atoms with Crippen LogP contribution >= 0.6 is 11.3 Å². The lowest BCUT2D eigenvalue weighted by Gasteiger charge is -1.95. The molecule has 0 aliphatic rings.